The number of fused-ring (bicyclic) bond motifs is 2. The Morgan fingerprint density at radius 1 is 1.26 bits per heavy atom. The van der Waals surface area contributed by atoms with Gasteiger partial charge >= 0.3 is 12.0 Å². The third-order valence-electron chi connectivity index (χ3n) is 5.88. The number of thiazole rings is 1. The first kappa shape index (κ1) is 23.3. The van der Waals surface area contributed by atoms with Crippen LogP contribution in [-0.4, -0.2) is 56.7 Å². The fourth-order valence-corrected chi connectivity index (χ4v) is 4.90. The van der Waals surface area contributed by atoms with Crippen molar-refractivity contribution in [2.24, 2.45) is 0 Å². The number of hydrogen-bond acceptors (Lipinski definition) is 8. The number of nitrogens with one attached hydrogen (secondary N) is 2. The van der Waals surface area contributed by atoms with Crippen molar-refractivity contribution in [3.8, 4) is 11.5 Å². The highest BCUT2D eigenvalue weighted by atomic mass is 32.1. The molecule has 0 saturated carbocycles. The van der Waals surface area contributed by atoms with Crippen molar-refractivity contribution >= 4 is 32.6 Å². The first-order valence-corrected chi connectivity index (χ1v) is 11.2. The summed E-state index contributed by atoms with van der Waals surface area (Å²) >= 11 is 1.02. The lowest BCUT2D eigenvalue weighted by Crippen LogP contribution is -2.55. The summed E-state index contributed by atoms with van der Waals surface area (Å²) in [6.07, 6.45) is -3.35. The Balaban J connectivity index is 1.32. The Labute approximate surface area is 197 Å². The van der Waals surface area contributed by atoms with Gasteiger partial charge < -0.3 is 14.8 Å². The molecule has 5 rings (SSSR count). The van der Waals surface area contributed by atoms with Crippen LogP contribution in [0.2, 0.25) is 0 Å². The third-order valence-corrected chi connectivity index (χ3v) is 6.82. The number of alkyl halides is 4. The number of hydrogen-bond donors (Lipinski definition) is 2. The molecule has 0 unspecified atom stereocenters. The maximum atomic E-state index is 14.6. The molecule has 2 aliphatic rings. The van der Waals surface area contributed by atoms with E-state index in [-0.39, 0.29) is 29.7 Å². The van der Waals surface area contributed by atoms with E-state index in [0.717, 1.165) is 28.2 Å². The number of carbonyl (C=O) groups excluding carboxylic acids is 1. The minimum absolute atomic E-state index is 0.106. The number of carbonyl (C=O) groups is 1. The number of piperidine rings is 1. The zero-order valence-electron chi connectivity index (χ0n) is 17.9. The van der Waals surface area contributed by atoms with Crippen LogP contribution in [0.1, 0.15) is 19.4 Å². The second-order valence-electron chi connectivity index (χ2n) is 8.16. The van der Waals surface area contributed by atoms with E-state index in [9.17, 15) is 31.9 Å². The van der Waals surface area contributed by atoms with Gasteiger partial charge in [-0.2, -0.15) is 0 Å². The average molecular weight is 515 g/mol. The molecule has 2 aliphatic heterocycles. The topological polar surface area (TPSA) is 119 Å². The van der Waals surface area contributed by atoms with Gasteiger partial charge in [0, 0.05) is 43.9 Å². The Morgan fingerprint density at radius 3 is 2.69 bits per heavy atom. The molecule has 35 heavy (non-hydrogen) atoms. The van der Waals surface area contributed by atoms with E-state index in [1.165, 1.54) is 24.0 Å². The average Bonchev–Trinajstić information content (AvgIpc) is 3.28. The van der Waals surface area contributed by atoms with E-state index in [1.807, 2.05) is 4.98 Å². The molecule has 0 aliphatic carbocycles. The fraction of sp³-hybridized carbons (Fsp3) is 0.400. The summed E-state index contributed by atoms with van der Waals surface area (Å²) in [7, 11) is 0. The van der Waals surface area contributed by atoms with Gasteiger partial charge in [-0.05, 0) is 6.92 Å². The number of rotatable bonds is 4. The van der Waals surface area contributed by atoms with Crippen LogP contribution < -0.4 is 26.0 Å². The predicted octanol–water partition coefficient (Wildman–Crippen LogP) is 2.38. The number of H-pyrrole nitrogens is 1. The summed E-state index contributed by atoms with van der Waals surface area (Å²) in [4.78, 5) is 43.9. The molecule has 0 bridgehead atoms. The number of likely N-dealkylation sites (tertiary alicyclic amines) is 1. The number of halogens is 4. The third kappa shape index (κ3) is 4.36. The molecular formula is C20H17F4N5O5S. The molecule has 2 aromatic heterocycles. The smallest absolute Gasteiger partial charge is 0.395 e. The molecule has 10 nitrogen and oxygen atoms in total. The number of aromatic amines is 1. The van der Waals surface area contributed by atoms with E-state index in [4.69, 9.17) is 0 Å². The maximum Gasteiger partial charge on any atom is 0.586 e. The lowest BCUT2D eigenvalue weighted by atomic mass is 9.99. The lowest BCUT2D eigenvalue weighted by molar-refractivity contribution is -0.286. The molecule has 2 N–H and O–H groups in total. The van der Waals surface area contributed by atoms with Crippen LogP contribution in [0.5, 0.6) is 11.5 Å². The quantitative estimate of drug-likeness (QED) is 0.513. The van der Waals surface area contributed by atoms with E-state index < -0.39 is 47.9 Å². The largest absolute Gasteiger partial charge is 0.586 e. The first-order valence-electron chi connectivity index (χ1n) is 10.4. The van der Waals surface area contributed by atoms with Crippen LogP contribution in [0.15, 0.2) is 34.0 Å². The summed E-state index contributed by atoms with van der Waals surface area (Å²) in [5, 5.41) is 2.78. The van der Waals surface area contributed by atoms with Gasteiger partial charge in [0.25, 0.3) is 11.5 Å². The van der Waals surface area contributed by atoms with Gasteiger partial charge in [-0.3, -0.25) is 24.0 Å². The standard InChI is InChI=1S/C20H17F4N5O5S/c1-9(28-5-3-19(21,22)14(8-28)29-4-2-15(30)26-18(29)32)16(31)27-17-25-10-6-11-12(7-13(10)35-17)34-20(23,24)33-11/h2,4,6-7,9,14H,3,5,8H2,1H3,(H,25,27,31)(H,26,30,32)/t9-,14+/m0/s1. The van der Waals surface area contributed by atoms with Gasteiger partial charge in [0.05, 0.1) is 16.3 Å². The number of ether oxygens (including phenoxy) is 2. The summed E-state index contributed by atoms with van der Waals surface area (Å²) in [5.74, 6) is -4.11. The molecule has 15 heteroatoms. The molecule has 2 atom stereocenters. The lowest BCUT2D eigenvalue weighted by Gasteiger charge is -2.40. The zero-order chi connectivity index (χ0) is 25.1. The van der Waals surface area contributed by atoms with Crippen molar-refractivity contribution in [2.75, 3.05) is 18.4 Å². The molecule has 1 saturated heterocycles. The van der Waals surface area contributed by atoms with Crippen molar-refractivity contribution in [2.45, 2.75) is 37.6 Å². The SMILES string of the molecule is C[C@@H](C(=O)Nc1nc2cc3c(cc2s1)OC(F)(F)O3)N1CCC(F)(F)[C@H](n2ccc(=O)[nH]c2=O)C1. The van der Waals surface area contributed by atoms with Crippen LogP contribution in [0, 0.1) is 0 Å². The van der Waals surface area contributed by atoms with Crippen LogP contribution in [-0.2, 0) is 4.79 Å². The molecule has 0 spiro atoms. The number of nitrogens with zero attached hydrogens (tertiary/aromatic N) is 3. The molecule has 0 radical (unpaired) electrons. The van der Waals surface area contributed by atoms with Crippen molar-refractivity contribution in [3.63, 3.8) is 0 Å². The normalized spacial score (nSPS) is 21.7. The molecule has 4 heterocycles. The highest BCUT2D eigenvalue weighted by molar-refractivity contribution is 7.22. The fourth-order valence-electron chi connectivity index (χ4n) is 4.02. The van der Waals surface area contributed by atoms with Crippen molar-refractivity contribution in [1.29, 1.82) is 0 Å². The van der Waals surface area contributed by atoms with E-state index in [2.05, 4.69) is 19.8 Å². The van der Waals surface area contributed by atoms with Crippen LogP contribution in [0.25, 0.3) is 10.2 Å². The highest BCUT2D eigenvalue weighted by Crippen LogP contribution is 2.44. The summed E-state index contributed by atoms with van der Waals surface area (Å²) in [6, 6.07) is 1.11. The molecule has 1 aromatic carbocycles. The van der Waals surface area contributed by atoms with E-state index in [0.29, 0.717) is 10.2 Å². The maximum absolute atomic E-state index is 14.6. The van der Waals surface area contributed by atoms with Crippen LogP contribution in [0.3, 0.4) is 0 Å². The minimum Gasteiger partial charge on any atom is -0.395 e. The second-order valence-corrected chi connectivity index (χ2v) is 9.19. The number of aromatic nitrogens is 3. The molecule has 3 aromatic rings. The van der Waals surface area contributed by atoms with Crippen LogP contribution in [0.4, 0.5) is 22.7 Å². The second kappa shape index (κ2) is 8.05. The van der Waals surface area contributed by atoms with Crippen LogP contribution >= 0.6 is 11.3 Å². The number of benzene rings is 1. The van der Waals surface area contributed by atoms with Gasteiger partial charge in [-0.1, -0.05) is 11.3 Å². The Morgan fingerprint density at radius 2 is 1.97 bits per heavy atom. The monoisotopic (exact) mass is 515 g/mol. The van der Waals surface area contributed by atoms with Gasteiger partial charge in [0.15, 0.2) is 16.6 Å². The van der Waals surface area contributed by atoms with Crippen molar-refractivity contribution in [3.05, 3.63) is 45.2 Å². The Bertz CT molecular complexity index is 1390. The summed E-state index contributed by atoms with van der Waals surface area (Å²) in [5.41, 5.74) is -1.37. The van der Waals surface area contributed by atoms with E-state index >= 15 is 0 Å². The van der Waals surface area contributed by atoms with Crippen molar-refractivity contribution in [1.82, 2.24) is 19.4 Å². The van der Waals surface area contributed by atoms with Gasteiger partial charge in [-0.25, -0.2) is 18.6 Å². The molecule has 1 fully saturated rings. The Kier molecular flexibility index (Phi) is 5.36. The minimum atomic E-state index is -3.76. The number of anilines is 1. The molecule has 1 amide bonds. The van der Waals surface area contributed by atoms with Crippen molar-refractivity contribution < 1.29 is 31.8 Å². The summed E-state index contributed by atoms with van der Waals surface area (Å²) in [6.45, 7) is 1.10. The van der Waals surface area contributed by atoms with Gasteiger partial charge in [-0.15, -0.1) is 8.78 Å². The van der Waals surface area contributed by atoms with Gasteiger partial charge in [0.2, 0.25) is 5.91 Å². The first-order chi connectivity index (χ1) is 16.4. The summed E-state index contributed by atoms with van der Waals surface area (Å²) < 4.78 is 65.8. The molecule has 186 valence electrons. The zero-order valence-corrected chi connectivity index (χ0v) is 18.7. The number of amides is 1. The van der Waals surface area contributed by atoms with E-state index in [1.54, 1.807) is 0 Å². The highest BCUT2D eigenvalue weighted by Gasteiger charge is 2.47. The van der Waals surface area contributed by atoms with Gasteiger partial charge in [0.1, 0.15) is 6.04 Å². The molecular weight excluding hydrogens is 498 g/mol. The predicted molar refractivity (Wildman–Crippen MR) is 115 cm³/mol. The Hall–Kier alpha value is -3.46.